The lowest BCUT2D eigenvalue weighted by Gasteiger charge is -2.44. The van der Waals surface area contributed by atoms with E-state index in [4.69, 9.17) is 15.0 Å². The van der Waals surface area contributed by atoms with E-state index < -0.39 is 11.3 Å². The Balaban J connectivity index is 1.07. The maximum absolute atomic E-state index is 6.08. The summed E-state index contributed by atoms with van der Waals surface area (Å²) in [7, 11) is 0. The fraction of sp³-hybridized carbons (Fsp3) is 0.130. The quantitative estimate of drug-likeness (QED) is 0.0694. The molecule has 101 heavy (non-hydrogen) atoms. The first kappa shape index (κ1) is 64.6. The molecular weight excluding hydrogens is 1230 g/mol. The largest absolute Gasteiger partial charge is 0.295 e. The van der Waals surface area contributed by atoms with E-state index in [1.807, 2.05) is 18.3 Å². The molecule has 0 N–H and O–H groups in total. The molecule has 0 bridgehead atoms. The number of aromatic nitrogens is 4. The van der Waals surface area contributed by atoms with Crippen LogP contribution in [0.2, 0.25) is 0 Å². The number of nitrogens with zero attached hydrogens (tertiary/aromatic N) is 9. The Morgan fingerprint density at radius 2 is 0.970 bits per heavy atom. The summed E-state index contributed by atoms with van der Waals surface area (Å²) in [5.41, 5.74) is 27.6. The second kappa shape index (κ2) is 28.6. The van der Waals surface area contributed by atoms with Gasteiger partial charge in [-0.2, -0.15) is 0 Å². The van der Waals surface area contributed by atoms with Crippen molar-refractivity contribution in [3.05, 3.63) is 394 Å². The van der Waals surface area contributed by atoms with Gasteiger partial charge in [-0.15, -0.1) is 0 Å². The number of aryl methyl sites for hydroxylation is 4. The maximum atomic E-state index is 6.08. The summed E-state index contributed by atoms with van der Waals surface area (Å²) in [6.07, 6.45) is 34.8. The number of pyridine rings is 2. The zero-order chi connectivity index (χ0) is 68.8. The normalized spacial score (nSPS) is 15.3. The topological polar surface area (TPSA) is 67.8 Å². The van der Waals surface area contributed by atoms with Crippen molar-refractivity contribution in [1.82, 2.24) is 19.9 Å². The molecule has 0 aliphatic heterocycles. The molecule has 8 aromatic carbocycles. The number of benzene rings is 8. The van der Waals surface area contributed by atoms with Gasteiger partial charge in [0.25, 0.3) is 0 Å². The first-order chi connectivity index (χ1) is 49.6. The summed E-state index contributed by atoms with van der Waals surface area (Å²) >= 11 is 0. The molecular formula is C92H79N9. The molecule has 4 aliphatic carbocycles. The second-order valence-corrected chi connectivity index (χ2v) is 26.2. The Hall–Kier alpha value is -12.4. The Bertz CT molecular complexity index is 5190. The molecule has 9 nitrogen and oxygen atoms in total. The molecule has 4 aliphatic rings. The number of hydrogen-bond donors (Lipinski definition) is 0. The molecule has 0 radical (unpaired) electrons. The summed E-state index contributed by atoms with van der Waals surface area (Å²) < 4.78 is 0. The van der Waals surface area contributed by atoms with E-state index in [1.165, 1.54) is 11.1 Å². The summed E-state index contributed by atoms with van der Waals surface area (Å²) in [4.78, 5) is 33.4. The van der Waals surface area contributed by atoms with Crippen LogP contribution in [0.1, 0.15) is 81.7 Å². The highest BCUT2D eigenvalue weighted by Crippen LogP contribution is 2.61. The van der Waals surface area contributed by atoms with E-state index in [1.54, 1.807) is 6.33 Å². The van der Waals surface area contributed by atoms with Crippen LogP contribution in [0, 0.1) is 47.0 Å². The van der Waals surface area contributed by atoms with Gasteiger partial charge in [0.2, 0.25) is 0 Å². The van der Waals surface area contributed by atoms with Gasteiger partial charge in [-0.05, 0) is 214 Å². The molecule has 3 aromatic heterocycles. The van der Waals surface area contributed by atoms with Crippen LogP contribution in [0.5, 0.6) is 0 Å². The fourth-order valence-electron chi connectivity index (χ4n) is 15.0. The van der Waals surface area contributed by atoms with Crippen molar-refractivity contribution in [3.8, 4) is 0 Å². The highest BCUT2D eigenvalue weighted by Gasteiger charge is 2.48. The molecule has 15 rings (SSSR count). The lowest BCUT2D eigenvalue weighted by atomic mass is 9.59. The van der Waals surface area contributed by atoms with Crippen molar-refractivity contribution in [2.24, 2.45) is 5.41 Å². The van der Waals surface area contributed by atoms with Gasteiger partial charge in [0.15, 0.2) is 0 Å². The lowest BCUT2D eigenvalue weighted by Crippen LogP contribution is -2.33. The predicted molar refractivity (Wildman–Crippen MR) is 419 cm³/mol. The minimum Gasteiger partial charge on any atom is -0.295 e. The highest BCUT2D eigenvalue weighted by atomic mass is 15.3. The molecule has 11 aromatic rings. The van der Waals surface area contributed by atoms with Crippen molar-refractivity contribution >= 4 is 80.2 Å². The monoisotopic (exact) mass is 1310 g/mol. The summed E-state index contributed by atoms with van der Waals surface area (Å²) in [5.74, 6) is 3.36. The number of anilines is 13. The third kappa shape index (κ3) is 12.5. The molecule has 2 unspecified atom stereocenters. The van der Waals surface area contributed by atoms with Crippen molar-refractivity contribution in [2.75, 3.05) is 24.5 Å². The molecule has 2 atom stereocenters. The first-order valence-electron chi connectivity index (χ1n) is 34.9. The maximum Gasteiger partial charge on any atom is 0.145 e. The van der Waals surface area contributed by atoms with Crippen LogP contribution in [0.3, 0.4) is 0 Å². The van der Waals surface area contributed by atoms with E-state index in [-0.39, 0.29) is 0 Å². The summed E-state index contributed by atoms with van der Waals surface area (Å²) in [6, 6.07) is 82.4. The van der Waals surface area contributed by atoms with Crippen LogP contribution in [-0.2, 0) is 0 Å². The van der Waals surface area contributed by atoms with Gasteiger partial charge in [0.1, 0.15) is 35.4 Å². The molecule has 492 valence electrons. The van der Waals surface area contributed by atoms with Gasteiger partial charge in [-0.3, -0.25) is 24.5 Å². The first-order valence-corrected chi connectivity index (χ1v) is 34.9. The molecule has 9 heteroatoms. The van der Waals surface area contributed by atoms with Crippen LogP contribution in [0.25, 0.3) is 5.57 Å². The van der Waals surface area contributed by atoms with Crippen molar-refractivity contribution in [1.29, 1.82) is 0 Å². The van der Waals surface area contributed by atoms with Crippen LogP contribution in [0.15, 0.2) is 344 Å². The van der Waals surface area contributed by atoms with E-state index in [0.29, 0.717) is 11.6 Å². The van der Waals surface area contributed by atoms with Crippen molar-refractivity contribution in [3.63, 3.8) is 0 Å². The zero-order valence-corrected chi connectivity index (χ0v) is 58.0. The van der Waals surface area contributed by atoms with Crippen molar-refractivity contribution < 1.29 is 0 Å². The molecule has 0 spiro atoms. The minimum absolute atomic E-state index is 0.431. The Morgan fingerprint density at radius 3 is 1.54 bits per heavy atom. The van der Waals surface area contributed by atoms with Gasteiger partial charge >= 0.3 is 0 Å². The van der Waals surface area contributed by atoms with Crippen LogP contribution < -0.4 is 24.5 Å². The Morgan fingerprint density at radius 1 is 0.416 bits per heavy atom. The zero-order valence-electron chi connectivity index (χ0n) is 58.0. The Labute approximate surface area is 594 Å². The van der Waals surface area contributed by atoms with E-state index in [0.717, 1.165) is 150 Å². The molecule has 3 heterocycles. The average Bonchev–Trinajstić information content (AvgIpc) is 1.70. The molecule has 0 fully saturated rings. The smallest absolute Gasteiger partial charge is 0.145 e. The van der Waals surface area contributed by atoms with Gasteiger partial charge in [-0.1, -0.05) is 206 Å². The SMILES string of the molecule is Cc1cc(C)c(N(C2=CC=C=C=C2)c2nc(N(c3ccccc3)c3ccccc3)cc(N(c3ccccc3)c3ncncc3C)c2C)cc1C(c1cc(N(C2=CCCC=C2)c2ccccc2)nc(N(c2ccccc2)c2ccccc2C)c1C)C1(C2=CCCC=C2)C=CC=C1c1ccccc1. The van der Waals surface area contributed by atoms with E-state index in [2.05, 4.69) is 374 Å². The Kier molecular flexibility index (Phi) is 18.3. The average molecular weight is 1310 g/mol. The fourth-order valence-corrected chi connectivity index (χ4v) is 15.0. The van der Waals surface area contributed by atoms with Crippen LogP contribution >= 0.6 is 0 Å². The van der Waals surface area contributed by atoms with Crippen molar-refractivity contribution in [2.45, 2.75) is 73.1 Å². The molecule has 0 amide bonds. The minimum atomic E-state index is -0.808. The summed E-state index contributed by atoms with van der Waals surface area (Å²) in [5, 5.41) is 0. The van der Waals surface area contributed by atoms with E-state index in [9.17, 15) is 0 Å². The number of allylic oxidation sites excluding steroid dienone is 14. The van der Waals surface area contributed by atoms with Crippen LogP contribution in [-0.4, -0.2) is 19.9 Å². The lowest BCUT2D eigenvalue weighted by molar-refractivity contribution is 0.533. The van der Waals surface area contributed by atoms with Gasteiger partial charge in [0, 0.05) is 74.9 Å². The third-order valence-electron chi connectivity index (χ3n) is 19.8. The summed E-state index contributed by atoms with van der Waals surface area (Å²) in [6.45, 7) is 13.4. The third-order valence-corrected chi connectivity index (χ3v) is 19.8. The highest BCUT2D eigenvalue weighted by molar-refractivity contribution is 5.90. The van der Waals surface area contributed by atoms with Crippen LogP contribution in [0.4, 0.5) is 74.6 Å². The number of rotatable bonds is 20. The predicted octanol–water partition coefficient (Wildman–Crippen LogP) is 23.8. The number of para-hydroxylation sites is 6. The molecule has 0 saturated heterocycles. The number of hydrogen-bond acceptors (Lipinski definition) is 9. The van der Waals surface area contributed by atoms with Gasteiger partial charge < -0.3 is 0 Å². The van der Waals surface area contributed by atoms with E-state index >= 15 is 0 Å². The molecule has 0 saturated carbocycles. The van der Waals surface area contributed by atoms with Gasteiger partial charge in [-0.25, -0.2) is 19.9 Å². The van der Waals surface area contributed by atoms with Gasteiger partial charge in [0.05, 0.1) is 22.8 Å². The second-order valence-electron chi connectivity index (χ2n) is 26.2. The standard InChI is InChI=1S/C92H79N9/c1-65-37-34-35-57-83(65)99(77-50-28-13-29-51-77)90-69(5)81(61-86(95-90)97(73-42-20-9-21-43-73)74-44-22-10-23-45-74)88(92(72-40-18-8-19-41-72)58-36-56-82(92)71-38-16-7-17-39-71)80-60-84(67(3)59-66(80)2)100(78-52-30-14-31-53-78)91-70(6)85(101(79-54-32-15-33-55-79)89-68(4)63-93-64-94-89)62-87(96-91)98(75-46-24-11-25-47-75)76-48-26-12-27-49-76/h7,9,11-13,15-18,20-22,24-30,32-64,88H,8,10,19,23H2,1-6H3.